The number of para-hydroxylation sites is 1. The van der Waals surface area contributed by atoms with Gasteiger partial charge in [0.15, 0.2) is 0 Å². The van der Waals surface area contributed by atoms with Crippen LogP contribution in [0.25, 0.3) is 0 Å². The molecule has 2 heterocycles. The van der Waals surface area contributed by atoms with Crippen molar-refractivity contribution in [2.75, 3.05) is 10.6 Å². The quantitative estimate of drug-likeness (QED) is 0.285. The molecule has 1 amide bonds. The number of fused-ring (bicyclic) bond motifs is 1. The molecule has 0 saturated heterocycles. The van der Waals surface area contributed by atoms with Gasteiger partial charge in [-0.05, 0) is 48.4 Å². The third-order valence-corrected chi connectivity index (χ3v) is 6.89. The predicted octanol–water partition coefficient (Wildman–Crippen LogP) is 5.86. The van der Waals surface area contributed by atoms with Crippen LogP contribution in [0.4, 0.5) is 11.6 Å². The van der Waals surface area contributed by atoms with Crippen LogP contribution >= 0.6 is 23.4 Å². The molecule has 0 radical (unpaired) electrons. The summed E-state index contributed by atoms with van der Waals surface area (Å²) in [6.45, 7) is 1.85. The van der Waals surface area contributed by atoms with Crippen LogP contribution in [0.3, 0.4) is 0 Å². The first-order valence-corrected chi connectivity index (χ1v) is 12.3. The van der Waals surface area contributed by atoms with Crippen molar-refractivity contribution in [3.8, 4) is 5.75 Å². The van der Waals surface area contributed by atoms with Crippen molar-refractivity contribution in [3.05, 3.63) is 106 Å². The Balaban J connectivity index is 1.49. The number of amides is 1. The molecular formula is C26H22ClN5O2S. The number of carbonyl (C=O) groups excluding carboxylic acids is 1. The van der Waals surface area contributed by atoms with Gasteiger partial charge in [0, 0.05) is 22.2 Å². The van der Waals surface area contributed by atoms with Gasteiger partial charge in [-0.1, -0.05) is 71.9 Å². The zero-order valence-corrected chi connectivity index (χ0v) is 20.3. The van der Waals surface area contributed by atoms with Crippen molar-refractivity contribution in [1.82, 2.24) is 14.8 Å². The van der Waals surface area contributed by atoms with E-state index in [0.717, 1.165) is 11.1 Å². The normalized spacial score (nSPS) is 14.9. The Morgan fingerprint density at radius 3 is 2.54 bits per heavy atom. The molecule has 35 heavy (non-hydrogen) atoms. The summed E-state index contributed by atoms with van der Waals surface area (Å²) in [7, 11) is 0. The zero-order valence-electron chi connectivity index (χ0n) is 18.8. The van der Waals surface area contributed by atoms with Crippen LogP contribution < -0.4 is 10.6 Å². The van der Waals surface area contributed by atoms with E-state index in [-0.39, 0.29) is 11.7 Å². The molecule has 3 N–H and O–H groups in total. The average Bonchev–Trinajstić information content (AvgIpc) is 3.26. The van der Waals surface area contributed by atoms with E-state index in [1.54, 1.807) is 28.9 Å². The van der Waals surface area contributed by atoms with Crippen molar-refractivity contribution in [2.24, 2.45) is 0 Å². The van der Waals surface area contributed by atoms with Gasteiger partial charge in [0.2, 0.25) is 11.1 Å². The maximum atomic E-state index is 13.5. The van der Waals surface area contributed by atoms with Crippen LogP contribution in [-0.2, 0) is 10.5 Å². The highest BCUT2D eigenvalue weighted by atomic mass is 35.5. The fraction of sp³-hybridized carbons (Fsp3) is 0.115. The molecule has 176 valence electrons. The van der Waals surface area contributed by atoms with Crippen LogP contribution in [0.15, 0.2) is 95.3 Å². The van der Waals surface area contributed by atoms with Crippen LogP contribution in [-0.4, -0.2) is 25.8 Å². The summed E-state index contributed by atoms with van der Waals surface area (Å²) >= 11 is 7.77. The lowest BCUT2D eigenvalue weighted by atomic mass is 9.95. The van der Waals surface area contributed by atoms with E-state index in [1.807, 2.05) is 61.5 Å². The molecule has 1 aliphatic heterocycles. The molecule has 1 aliphatic rings. The van der Waals surface area contributed by atoms with Crippen molar-refractivity contribution in [1.29, 1.82) is 0 Å². The van der Waals surface area contributed by atoms with E-state index in [4.69, 9.17) is 16.7 Å². The second-order valence-corrected chi connectivity index (χ2v) is 9.37. The number of allylic oxidation sites excluding steroid dienone is 1. The van der Waals surface area contributed by atoms with E-state index in [0.29, 0.717) is 38.8 Å². The Labute approximate surface area is 211 Å². The molecule has 1 unspecified atom stereocenters. The van der Waals surface area contributed by atoms with Crippen LogP contribution in [0.1, 0.15) is 24.1 Å². The summed E-state index contributed by atoms with van der Waals surface area (Å²) in [5, 5.41) is 22.0. The first-order chi connectivity index (χ1) is 17.0. The second kappa shape index (κ2) is 9.85. The Hall–Kier alpha value is -3.75. The van der Waals surface area contributed by atoms with Gasteiger partial charge in [0.05, 0.1) is 5.57 Å². The maximum absolute atomic E-state index is 13.5. The summed E-state index contributed by atoms with van der Waals surface area (Å²) < 4.78 is 1.72. The van der Waals surface area contributed by atoms with Crippen LogP contribution in [0, 0.1) is 0 Å². The average molecular weight is 504 g/mol. The summed E-state index contributed by atoms with van der Waals surface area (Å²) in [4.78, 5) is 18.1. The second-order valence-electron chi connectivity index (χ2n) is 8.02. The topological polar surface area (TPSA) is 92.1 Å². The van der Waals surface area contributed by atoms with Crippen LogP contribution in [0.2, 0.25) is 5.02 Å². The molecule has 4 aromatic rings. The molecule has 0 saturated carbocycles. The standard InChI is InChI=1S/C26H22ClN5O2S/c1-16-22(24(34)29-19-8-3-2-4-9-19)23(17-11-13-20(33)14-12-17)32-25(28-16)30-26(31-32)35-15-18-7-5-6-10-21(18)27/h2-14,23,33H,15H2,1H3,(H,29,34)(H,28,30,31). The van der Waals surface area contributed by atoms with E-state index in [1.165, 1.54) is 11.8 Å². The van der Waals surface area contributed by atoms with Crippen LogP contribution in [0.5, 0.6) is 5.75 Å². The highest BCUT2D eigenvalue weighted by Gasteiger charge is 2.34. The Morgan fingerprint density at radius 2 is 1.80 bits per heavy atom. The summed E-state index contributed by atoms with van der Waals surface area (Å²) in [6.07, 6.45) is 0. The summed E-state index contributed by atoms with van der Waals surface area (Å²) in [6, 6.07) is 23.2. The highest BCUT2D eigenvalue weighted by molar-refractivity contribution is 7.98. The van der Waals surface area contributed by atoms with Crippen molar-refractivity contribution in [2.45, 2.75) is 23.9 Å². The van der Waals surface area contributed by atoms with Crippen molar-refractivity contribution >= 4 is 40.9 Å². The molecule has 5 rings (SSSR count). The lowest BCUT2D eigenvalue weighted by Crippen LogP contribution is -2.31. The monoisotopic (exact) mass is 503 g/mol. The lowest BCUT2D eigenvalue weighted by Gasteiger charge is -2.28. The highest BCUT2D eigenvalue weighted by Crippen LogP contribution is 2.37. The number of nitrogens with zero attached hydrogens (tertiary/aromatic N) is 3. The lowest BCUT2D eigenvalue weighted by molar-refractivity contribution is -0.113. The van der Waals surface area contributed by atoms with Gasteiger partial charge in [-0.25, -0.2) is 4.68 Å². The molecule has 0 aliphatic carbocycles. The Kier molecular flexibility index (Phi) is 6.48. The number of anilines is 2. The number of aromatic nitrogens is 3. The minimum atomic E-state index is -0.530. The molecule has 0 fully saturated rings. The number of phenols is 1. The van der Waals surface area contributed by atoms with E-state index in [2.05, 4.69) is 15.6 Å². The molecule has 3 aromatic carbocycles. The van der Waals surface area contributed by atoms with Crippen molar-refractivity contribution in [3.63, 3.8) is 0 Å². The minimum absolute atomic E-state index is 0.147. The first-order valence-electron chi connectivity index (χ1n) is 11.0. The number of hydrogen-bond acceptors (Lipinski definition) is 6. The summed E-state index contributed by atoms with van der Waals surface area (Å²) in [5.74, 6) is 1.05. The SMILES string of the molecule is CC1=C(C(=O)Nc2ccccc2)C(c2ccc(O)cc2)n2nc(SCc3ccccc3Cl)nc2N1. The van der Waals surface area contributed by atoms with Gasteiger partial charge < -0.3 is 15.7 Å². The smallest absolute Gasteiger partial charge is 0.255 e. The van der Waals surface area contributed by atoms with Gasteiger partial charge in [-0.3, -0.25) is 4.79 Å². The third kappa shape index (κ3) is 4.89. The van der Waals surface area contributed by atoms with Gasteiger partial charge in [-0.15, -0.1) is 5.10 Å². The van der Waals surface area contributed by atoms with Crippen molar-refractivity contribution < 1.29 is 9.90 Å². The number of hydrogen-bond donors (Lipinski definition) is 3. The van der Waals surface area contributed by atoms with Gasteiger partial charge >= 0.3 is 0 Å². The van der Waals surface area contributed by atoms with E-state index < -0.39 is 6.04 Å². The van der Waals surface area contributed by atoms with E-state index in [9.17, 15) is 9.90 Å². The number of aromatic hydroxyl groups is 1. The molecule has 0 bridgehead atoms. The molecule has 0 spiro atoms. The number of halogens is 1. The van der Waals surface area contributed by atoms with E-state index >= 15 is 0 Å². The zero-order chi connectivity index (χ0) is 24.4. The molecule has 1 aromatic heterocycles. The number of benzene rings is 3. The van der Waals surface area contributed by atoms with Gasteiger partial charge in [0.25, 0.3) is 5.91 Å². The fourth-order valence-electron chi connectivity index (χ4n) is 3.93. The van der Waals surface area contributed by atoms with Gasteiger partial charge in [0.1, 0.15) is 11.8 Å². The predicted molar refractivity (Wildman–Crippen MR) is 139 cm³/mol. The largest absolute Gasteiger partial charge is 0.508 e. The Bertz CT molecular complexity index is 1400. The fourth-order valence-corrected chi connectivity index (χ4v) is 5.04. The summed E-state index contributed by atoms with van der Waals surface area (Å²) in [5.41, 5.74) is 3.68. The molecule has 7 nitrogen and oxygen atoms in total. The minimum Gasteiger partial charge on any atom is -0.508 e. The third-order valence-electron chi connectivity index (χ3n) is 5.63. The molecular weight excluding hydrogens is 482 g/mol. The Morgan fingerprint density at radius 1 is 1.09 bits per heavy atom. The number of carbonyl (C=O) groups is 1. The first kappa shape index (κ1) is 23.0. The number of thioether (sulfide) groups is 1. The molecule has 1 atom stereocenters. The number of phenolic OH excluding ortho intramolecular Hbond substituents is 1. The molecule has 9 heteroatoms. The maximum Gasteiger partial charge on any atom is 0.255 e. The number of rotatable bonds is 6. The number of nitrogens with one attached hydrogen (secondary N) is 2. The van der Waals surface area contributed by atoms with Gasteiger partial charge in [-0.2, -0.15) is 4.98 Å².